The van der Waals surface area contributed by atoms with Gasteiger partial charge in [-0.15, -0.1) is 0 Å². The standard InChI is InChI=1S/C22H29ClN2O2/c1-14-20-11-15-2-3-17(23)10-16(15)13-25(20)21(26)22(14)7-4-19(12-22)24-18-5-8-27-9-6-18/h2-3,10,14,18-20,24H,4-9,11-13H2,1H3. The van der Waals surface area contributed by atoms with Crippen LogP contribution in [0.25, 0.3) is 0 Å². The van der Waals surface area contributed by atoms with E-state index in [2.05, 4.69) is 23.2 Å². The van der Waals surface area contributed by atoms with E-state index >= 15 is 0 Å². The zero-order valence-corrected chi connectivity index (χ0v) is 16.8. The van der Waals surface area contributed by atoms with Gasteiger partial charge in [-0.05, 0) is 67.7 Å². The van der Waals surface area contributed by atoms with Gasteiger partial charge in [-0.1, -0.05) is 24.6 Å². The second kappa shape index (κ2) is 6.75. The van der Waals surface area contributed by atoms with E-state index in [1.165, 1.54) is 11.1 Å². The predicted molar refractivity (Wildman–Crippen MR) is 106 cm³/mol. The van der Waals surface area contributed by atoms with Crippen molar-refractivity contribution in [2.24, 2.45) is 11.3 Å². The monoisotopic (exact) mass is 388 g/mol. The lowest BCUT2D eigenvalue weighted by Crippen LogP contribution is -2.42. The van der Waals surface area contributed by atoms with E-state index in [0.29, 0.717) is 30.0 Å². The lowest BCUT2D eigenvalue weighted by molar-refractivity contribution is -0.137. The second-order valence-corrected chi connectivity index (χ2v) is 9.49. The molecule has 146 valence electrons. The van der Waals surface area contributed by atoms with Gasteiger partial charge >= 0.3 is 0 Å². The van der Waals surface area contributed by atoms with Crippen LogP contribution in [0.1, 0.15) is 50.2 Å². The number of ether oxygens (including phenoxy) is 1. The van der Waals surface area contributed by atoms with Gasteiger partial charge in [0.25, 0.3) is 0 Å². The molecule has 4 atom stereocenters. The molecular weight excluding hydrogens is 360 g/mol. The Morgan fingerprint density at radius 2 is 2.00 bits per heavy atom. The Hall–Kier alpha value is -1.10. The molecule has 2 saturated heterocycles. The number of carbonyl (C=O) groups excluding carboxylic acids is 1. The summed E-state index contributed by atoms with van der Waals surface area (Å²) in [5.74, 6) is 0.803. The maximum atomic E-state index is 13.6. The lowest BCUT2D eigenvalue weighted by Gasteiger charge is -2.33. The molecule has 3 heterocycles. The van der Waals surface area contributed by atoms with Gasteiger partial charge < -0.3 is 15.0 Å². The zero-order valence-electron chi connectivity index (χ0n) is 16.0. The van der Waals surface area contributed by atoms with Gasteiger partial charge in [0.15, 0.2) is 0 Å². The van der Waals surface area contributed by atoms with Crippen LogP contribution < -0.4 is 5.32 Å². The molecule has 4 nitrogen and oxygen atoms in total. The summed E-state index contributed by atoms with van der Waals surface area (Å²) in [7, 11) is 0. The molecule has 1 spiro atoms. The van der Waals surface area contributed by atoms with Crippen molar-refractivity contribution >= 4 is 17.5 Å². The number of benzene rings is 1. The Balaban J connectivity index is 1.34. The van der Waals surface area contributed by atoms with Crippen molar-refractivity contribution in [3.05, 3.63) is 34.3 Å². The molecule has 27 heavy (non-hydrogen) atoms. The first kappa shape index (κ1) is 18.0. The first-order valence-corrected chi connectivity index (χ1v) is 10.9. The molecular formula is C22H29ClN2O2. The summed E-state index contributed by atoms with van der Waals surface area (Å²) in [4.78, 5) is 15.7. The Morgan fingerprint density at radius 1 is 1.19 bits per heavy atom. The molecule has 1 amide bonds. The molecule has 5 rings (SSSR count). The van der Waals surface area contributed by atoms with Gasteiger partial charge in [0.2, 0.25) is 5.91 Å². The first-order valence-electron chi connectivity index (χ1n) is 10.5. The van der Waals surface area contributed by atoms with Gasteiger partial charge in [-0.25, -0.2) is 0 Å². The van der Waals surface area contributed by atoms with Gasteiger partial charge in [0.05, 0.1) is 5.41 Å². The van der Waals surface area contributed by atoms with E-state index in [4.69, 9.17) is 16.3 Å². The third-order valence-corrected chi connectivity index (χ3v) is 7.95. The summed E-state index contributed by atoms with van der Waals surface area (Å²) in [6.45, 7) is 4.77. The molecule has 0 radical (unpaired) electrons. The van der Waals surface area contributed by atoms with E-state index in [1.807, 2.05) is 12.1 Å². The number of hydrogen-bond acceptors (Lipinski definition) is 3. The number of fused-ring (bicyclic) bond motifs is 2. The predicted octanol–water partition coefficient (Wildman–Crippen LogP) is 3.55. The minimum absolute atomic E-state index is 0.167. The van der Waals surface area contributed by atoms with Gasteiger partial charge in [0, 0.05) is 42.9 Å². The van der Waals surface area contributed by atoms with Crippen molar-refractivity contribution in [2.75, 3.05) is 13.2 Å². The molecule has 3 aliphatic heterocycles. The van der Waals surface area contributed by atoms with Gasteiger partial charge in [-0.3, -0.25) is 4.79 Å². The van der Waals surface area contributed by atoms with Crippen LogP contribution in [0.4, 0.5) is 0 Å². The summed E-state index contributed by atoms with van der Waals surface area (Å²) in [6.07, 6.45) is 6.30. The molecule has 4 aliphatic rings. The number of amides is 1. The summed E-state index contributed by atoms with van der Waals surface area (Å²) >= 11 is 6.20. The molecule has 0 bridgehead atoms. The van der Waals surface area contributed by atoms with Crippen LogP contribution in [0, 0.1) is 11.3 Å². The van der Waals surface area contributed by atoms with Crippen molar-refractivity contribution < 1.29 is 9.53 Å². The highest BCUT2D eigenvalue weighted by atomic mass is 35.5. The molecule has 1 aromatic rings. The molecule has 4 unspecified atom stereocenters. The van der Waals surface area contributed by atoms with Crippen LogP contribution in [0.3, 0.4) is 0 Å². The quantitative estimate of drug-likeness (QED) is 0.842. The Bertz CT molecular complexity index is 748. The average molecular weight is 389 g/mol. The Morgan fingerprint density at radius 3 is 2.81 bits per heavy atom. The van der Waals surface area contributed by atoms with Crippen LogP contribution in [0.2, 0.25) is 5.02 Å². The smallest absolute Gasteiger partial charge is 0.229 e. The zero-order chi connectivity index (χ0) is 18.6. The average Bonchev–Trinajstić information content (AvgIpc) is 3.18. The lowest BCUT2D eigenvalue weighted by atomic mass is 9.73. The van der Waals surface area contributed by atoms with Crippen molar-refractivity contribution in [3.8, 4) is 0 Å². The van der Waals surface area contributed by atoms with Crippen LogP contribution in [0.5, 0.6) is 0 Å². The molecule has 3 fully saturated rings. The van der Waals surface area contributed by atoms with Crippen LogP contribution in [-0.4, -0.2) is 42.1 Å². The Labute approximate surface area is 166 Å². The first-order chi connectivity index (χ1) is 13.1. The van der Waals surface area contributed by atoms with Crippen molar-refractivity contribution in [1.29, 1.82) is 0 Å². The summed E-state index contributed by atoms with van der Waals surface area (Å²) in [5.41, 5.74) is 2.43. The van der Waals surface area contributed by atoms with Crippen LogP contribution in [-0.2, 0) is 22.5 Å². The maximum Gasteiger partial charge on any atom is 0.229 e. The molecule has 1 aliphatic carbocycles. The number of hydrogen-bond donors (Lipinski definition) is 1. The number of rotatable bonds is 2. The minimum atomic E-state index is -0.167. The third-order valence-electron chi connectivity index (χ3n) is 7.72. The van der Waals surface area contributed by atoms with E-state index in [9.17, 15) is 4.79 Å². The number of nitrogens with zero attached hydrogens (tertiary/aromatic N) is 1. The van der Waals surface area contributed by atoms with Crippen LogP contribution >= 0.6 is 11.6 Å². The molecule has 5 heteroatoms. The second-order valence-electron chi connectivity index (χ2n) is 9.06. The van der Waals surface area contributed by atoms with Crippen molar-refractivity contribution in [1.82, 2.24) is 10.2 Å². The fourth-order valence-electron chi connectivity index (χ4n) is 6.12. The number of nitrogens with one attached hydrogen (secondary N) is 1. The maximum absolute atomic E-state index is 13.6. The van der Waals surface area contributed by atoms with Crippen molar-refractivity contribution in [3.63, 3.8) is 0 Å². The highest BCUT2D eigenvalue weighted by molar-refractivity contribution is 6.30. The molecule has 1 N–H and O–H groups in total. The van der Waals surface area contributed by atoms with Crippen molar-refractivity contribution in [2.45, 2.75) is 70.1 Å². The minimum Gasteiger partial charge on any atom is -0.381 e. The van der Waals surface area contributed by atoms with E-state index in [1.54, 1.807) is 0 Å². The highest BCUT2D eigenvalue weighted by Crippen LogP contribution is 2.54. The fraction of sp³-hybridized carbons (Fsp3) is 0.682. The van der Waals surface area contributed by atoms with Gasteiger partial charge in [-0.2, -0.15) is 0 Å². The summed E-state index contributed by atoms with van der Waals surface area (Å²) < 4.78 is 5.48. The van der Waals surface area contributed by atoms with E-state index in [-0.39, 0.29) is 5.41 Å². The SMILES string of the molecule is CC1C2Cc3ccc(Cl)cc3CN2C(=O)C12CCC(NC1CCOCC1)C2. The third kappa shape index (κ3) is 2.92. The fourth-order valence-corrected chi connectivity index (χ4v) is 6.31. The topological polar surface area (TPSA) is 41.6 Å². The van der Waals surface area contributed by atoms with Crippen LogP contribution in [0.15, 0.2) is 18.2 Å². The largest absolute Gasteiger partial charge is 0.381 e. The molecule has 1 aromatic carbocycles. The van der Waals surface area contributed by atoms with Gasteiger partial charge in [0.1, 0.15) is 0 Å². The molecule has 1 saturated carbocycles. The Kier molecular flexibility index (Phi) is 4.49. The number of halogens is 1. The summed E-state index contributed by atoms with van der Waals surface area (Å²) in [5, 5.41) is 4.61. The normalized spacial score (nSPS) is 36.3. The summed E-state index contributed by atoms with van der Waals surface area (Å²) in [6, 6.07) is 7.54. The molecule has 0 aromatic heterocycles. The highest BCUT2D eigenvalue weighted by Gasteiger charge is 2.60. The van der Waals surface area contributed by atoms with E-state index < -0.39 is 0 Å². The van der Waals surface area contributed by atoms with E-state index in [0.717, 1.165) is 63.3 Å². The number of carbonyl (C=O) groups is 1.